The minimum absolute atomic E-state index is 0.446. The van der Waals surface area contributed by atoms with Crippen LogP contribution in [-0.2, 0) is 0 Å². The number of rotatable bonds is 4. The number of hydrogen-bond donors (Lipinski definition) is 1. The Morgan fingerprint density at radius 1 is 1.22 bits per heavy atom. The van der Waals surface area contributed by atoms with Gasteiger partial charge in [0.05, 0.1) is 12.7 Å². The second kappa shape index (κ2) is 7.74. The number of halogens is 1. The van der Waals surface area contributed by atoms with Crippen molar-refractivity contribution in [3.63, 3.8) is 0 Å². The van der Waals surface area contributed by atoms with Crippen LogP contribution >= 0.6 is 27.7 Å². The lowest BCUT2D eigenvalue weighted by Crippen LogP contribution is -2.18. The van der Waals surface area contributed by atoms with Crippen LogP contribution in [0.4, 0.5) is 5.69 Å². The first-order valence-corrected chi connectivity index (χ1v) is 10.2. The fraction of sp³-hybridized carbons (Fsp3) is 0.211. The average molecular weight is 445 g/mol. The second-order valence-electron chi connectivity index (χ2n) is 5.76. The van der Waals surface area contributed by atoms with E-state index in [4.69, 9.17) is 9.47 Å². The van der Waals surface area contributed by atoms with Gasteiger partial charge in [0.25, 0.3) is 0 Å². The van der Waals surface area contributed by atoms with Crippen LogP contribution in [0.25, 0.3) is 11.3 Å². The molecule has 0 aliphatic carbocycles. The Hall–Kier alpha value is -2.32. The minimum Gasteiger partial charge on any atom is -0.496 e. The number of hydrogen-bond acceptors (Lipinski definition) is 7. The summed E-state index contributed by atoms with van der Waals surface area (Å²) in [5.74, 6) is 2.04. The van der Waals surface area contributed by atoms with Crippen molar-refractivity contribution in [1.29, 1.82) is 0 Å². The van der Waals surface area contributed by atoms with E-state index < -0.39 is 6.23 Å². The molecule has 0 radical (unpaired) electrons. The molecule has 1 aromatic heterocycles. The van der Waals surface area contributed by atoms with Gasteiger partial charge in [-0.15, -0.1) is 10.2 Å². The van der Waals surface area contributed by atoms with Gasteiger partial charge in [0, 0.05) is 15.7 Å². The summed E-state index contributed by atoms with van der Waals surface area (Å²) >= 11 is 5.05. The molecule has 1 unspecified atom stereocenters. The van der Waals surface area contributed by atoms with Crippen LogP contribution in [0.2, 0.25) is 0 Å². The van der Waals surface area contributed by atoms with Crippen molar-refractivity contribution in [2.45, 2.75) is 18.3 Å². The lowest BCUT2D eigenvalue weighted by atomic mass is 10.1. The first kappa shape index (κ1) is 18.1. The summed E-state index contributed by atoms with van der Waals surface area (Å²) in [4.78, 5) is 4.59. The highest BCUT2D eigenvalue weighted by atomic mass is 79.9. The fourth-order valence-corrected chi connectivity index (χ4v) is 3.75. The van der Waals surface area contributed by atoms with E-state index >= 15 is 0 Å². The first-order valence-electron chi connectivity index (χ1n) is 8.43. The molecular weight excluding hydrogens is 428 g/mol. The Balaban J connectivity index is 1.87. The Labute approximate surface area is 169 Å². The highest BCUT2D eigenvalue weighted by Gasteiger charge is 2.28. The standard InChI is InChI=1S/C19H17BrN4O2S/c1-3-27-19-22-18-16(23-24-19)13-10-11(20)8-9-14(13)21-17(26-18)12-6-4-5-7-15(12)25-2/h4-10,17,21H,3H2,1-2H3. The molecule has 3 aromatic rings. The second-order valence-corrected chi connectivity index (χ2v) is 7.90. The zero-order valence-electron chi connectivity index (χ0n) is 14.8. The van der Waals surface area contributed by atoms with E-state index in [-0.39, 0.29) is 0 Å². The molecule has 0 saturated heterocycles. The molecule has 27 heavy (non-hydrogen) atoms. The number of benzene rings is 2. The fourth-order valence-electron chi connectivity index (χ4n) is 2.88. The number of methoxy groups -OCH3 is 1. The summed E-state index contributed by atoms with van der Waals surface area (Å²) in [6, 6.07) is 13.7. The molecule has 1 aliphatic rings. The molecule has 0 spiro atoms. The van der Waals surface area contributed by atoms with E-state index in [1.54, 1.807) is 7.11 Å². The van der Waals surface area contributed by atoms with Crippen LogP contribution in [0.15, 0.2) is 52.1 Å². The predicted molar refractivity (Wildman–Crippen MR) is 109 cm³/mol. The molecule has 0 amide bonds. The van der Waals surface area contributed by atoms with Gasteiger partial charge in [0.15, 0.2) is 5.69 Å². The molecule has 8 heteroatoms. The van der Waals surface area contributed by atoms with Crippen molar-refractivity contribution >= 4 is 33.4 Å². The summed E-state index contributed by atoms with van der Waals surface area (Å²) in [5, 5.41) is 12.7. The highest BCUT2D eigenvalue weighted by Crippen LogP contribution is 2.42. The molecule has 2 aromatic carbocycles. The number of nitrogens with one attached hydrogen (secondary N) is 1. The van der Waals surface area contributed by atoms with Crippen LogP contribution in [0.3, 0.4) is 0 Å². The van der Waals surface area contributed by atoms with E-state index in [0.717, 1.165) is 32.8 Å². The molecular formula is C19H17BrN4O2S. The molecule has 4 rings (SSSR count). The summed E-state index contributed by atoms with van der Waals surface area (Å²) in [6.07, 6.45) is -0.474. The Kier molecular flexibility index (Phi) is 5.18. The van der Waals surface area contributed by atoms with E-state index in [0.29, 0.717) is 16.7 Å². The van der Waals surface area contributed by atoms with E-state index in [1.165, 1.54) is 11.8 Å². The normalized spacial score (nSPS) is 15.0. The maximum absolute atomic E-state index is 6.26. The number of aromatic nitrogens is 3. The topological polar surface area (TPSA) is 69.2 Å². The van der Waals surface area contributed by atoms with Gasteiger partial charge < -0.3 is 14.8 Å². The van der Waals surface area contributed by atoms with Crippen LogP contribution in [0.1, 0.15) is 18.7 Å². The molecule has 1 aliphatic heterocycles. The van der Waals surface area contributed by atoms with Gasteiger partial charge in [-0.25, -0.2) is 0 Å². The number of ether oxygens (including phenoxy) is 2. The van der Waals surface area contributed by atoms with Gasteiger partial charge in [-0.05, 0) is 36.1 Å². The lowest BCUT2D eigenvalue weighted by Gasteiger charge is -2.21. The molecule has 0 saturated carbocycles. The van der Waals surface area contributed by atoms with Gasteiger partial charge >= 0.3 is 0 Å². The Morgan fingerprint density at radius 2 is 2.07 bits per heavy atom. The SMILES string of the molecule is CCSc1nnc2c(n1)OC(c1ccccc1OC)Nc1ccc(Br)cc1-2. The van der Waals surface area contributed by atoms with Gasteiger partial charge in [0.2, 0.25) is 17.3 Å². The van der Waals surface area contributed by atoms with Crippen LogP contribution < -0.4 is 14.8 Å². The molecule has 1 N–H and O–H groups in total. The van der Waals surface area contributed by atoms with E-state index in [1.807, 2.05) is 49.4 Å². The van der Waals surface area contributed by atoms with Crippen molar-refractivity contribution in [2.75, 3.05) is 18.2 Å². The van der Waals surface area contributed by atoms with Crippen molar-refractivity contribution in [3.8, 4) is 22.9 Å². The third-order valence-corrected chi connectivity index (χ3v) is 5.30. The van der Waals surface area contributed by atoms with Crippen LogP contribution in [-0.4, -0.2) is 28.0 Å². The molecule has 0 fully saturated rings. The minimum atomic E-state index is -0.474. The van der Waals surface area contributed by atoms with E-state index in [2.05, 4.69) is 36.4 Å². The summed E-state index contributed by atoms with van der Waals surface area (Å²) in [5.41, 5.74) is 3.26. The lowest BCUT2D eigenvalue weighted by molar-refractivity contribution is 0.220. The molecule has 1 atom stereocenters. The average Bonchev–Trinajstić information content (AvgIpc) is 2.84. The van der Waals surface area contributed by atoms with Crippen molar-refractivity contribution in [3.05, 3.63) is 52.5 Å². The van der Waals surface area contributed by atoms with Gasteiger partial charge in [0.1, 0.15) is 5.75 Å². The quantitative estimate of drug-likeness (QED) is 0.572. The maximum atomic E-state index is 6.26. The van der Waals surface area contributed by atoms with Crippen LogP contribution in [0, 0.1) is 0 Å². The zero-order valence-corrected chi connectivity index (χ0v) is 17.2. The third kappa shape index (κ3) is 3.59. The monoisotopic (exact) mass is 444 g/mol. The Morgan fingerprint density at radius 3 is 2.89 bits per heavy atom. The van der Waals surface area contributed by atoms with Crippen LogP contribution in [0.5, 0.6) is 11.6 Å². The smallest absolute Gasteiger partial charge is 0.247 e. The van der Waals surface area contributed by atoms with Crippen molar-refractivity contribution in [2.24, 2.45) is 0 Å². The summed E-state index contributed by atoms with van der Waals surface area (Å²) < 4.78 is 12.7. The molecule has 0 bridgehead atoms. The Bertz CT molecular complexity index is 986. The number of para-hydroxylation sites is 1. The number of fused-ring (bicyclic) bond motifs is 3. The summed E-state index contributed by atoms with van der Waals surface area (Å²) in [7, 11) is 1.65. The largest absolute Gasteiger partial charge is 0.496 e. The number of nitrogens with zero attached hydrogens (tertiary/aromatic N) is 3. The van der Waals surface area contributed by atoms with E-state index in [9.17, 15) is 0 Å². The first-order chi connectivity index (χ1) is 13.2. The van der Waals surface area contributed by atoms with Gasteiger partial charge in [-0.3, -0.25) is 0 Å². The highest BCUT2D eigenvalue weighted by molar-refractivity contribution is 9.10. The predicted octanol–water partition coefficient (Wildman–Crippen LogP) is 4.92. The maximum Gasteiger partial charge on any atom is 0.247 e. The number of anilines is 1. The van der Waals surface area contributed by atoms with Crippen molar-refractivity contribution < 1.29 is 9.47 Å². The zero-order chi connectivity index (χ0) is 18.8. The molecule has 2 heterocycles. The summed E-state index contributed by atoms with van der Waals surface area (Å²) in [6.45, 7) is 2.05. The third-order valence-electron chi connectivity index (χ3n) is 4.08. The molecule has 6 nitrogen and oxygen atoms in total. The van der Waals surface area contributed by atoms with Crippen molar-refractivity contribution in [1.82, 2.24) is 15.2 Å². The molecule has 138 valence electrons. The van der Waals surface area contributed by atoms with Gasteiger partial charge in [-0.1, -0.05) is 46.7 Å². The number of thioether (sulfide) groups is 1. The van der Waals surface area contributed by atoms with Gasteiger partial charge in [-0.2, -0.15) is 4.98 Å².